The van der Waals surface area contributed by atoms with E-state index in [1.165, 1.54) is 8.77 Å². The fourth-order valence-corrected chi connectivity index (χ4v) is 3.07. The molecule has 0 aliphatic heterocycles. The Hall–Kier alpha value is -3.06. The SMILES string of the molecule is COc1ccc2c(c1)c1ccc(NC(=O)c3ccnn3C)nc1n2Cl. The Morgan fingerprint density at radius 2 is 2.04 bits per heavy atom. The Bertz CT molecular complexity index is 1120. The van der Waals surface area contributed by atoms with Crippen LogP contribution in [0.2, 0.25) is 0 Å². The number of hydrogen-bond acceptors (Lipinski definition) is 4. The molecule has 4 rings (SSSR count). The van der Waals surface area contributed by atoms with Crippen molar-refractivity contribution >= 4 is 45.4 Å². The lowest BCUT2D eigenvalue weighted by molar-refractivity contribution is 0.101. The number of ether oxygens (including phenoxy) is 1. The van der Waals surface area contributed by atoms with Gasteiger partial charge in [0, 0.05) is 35.8 Å². The van der Waals surface area contributed by atoms with Crippen LogP contribution in [0.1, 0.15) is 10.5 Å². The predicted octanol–water partition coefficient (Wildman–Crippen LogP) is 3.19. The number of pyridine rings is 1. The minimum atomic E-state index is -0.286. The van der Waals surface area contributed by atoms with Gasteiger partial charge in [0.25, 0.3) is 5.91 Å². The quantitative estimate of drug-likeness (QED) is 0.612. The molecule has 0 radical (unpaired) electrons. The minimum Gasteiger partial charge on any atom is -0.497 e. The van der Waals surface area contributed by atoms with Crippen LogP contribution in [0.25, 0.3) is 21.9 Å². The molecule has 25 heavy (non-hydrogen) atoms. The molecule has 8 heteroatoms. The van der Waals surface area contributed by atoms with Crippen LogP contribution >= 0.6 is 11.8 Å². The number of methoxy groups -OCH3 is 1. The third kappa shape index (κ3) is 2.49. The lowest BCUT2D eigenvalue weighted by atomic mass is 10.2. The van der Waals surface area contributed by atoms with E-state index >= 15 is 0 Å². The molecule has 0 atom stereocenters. The molecule has 1 N–H and O–H groups in total. The number of nitrogens with one attached hydrogen (secondary N) is 1. The van der Waals surface area contributed by atoms with Crippen molar-refractivity contribution in [1.29, 1.82) is 0 Å². The molecule has 3 heterocycles. The second-order valence-electron chi connectivity index (χ2n) is 5.53. The monoisotopic (exact) mass is 355 g/mol. The van der Waals surface area contributed by atoms with Crippen molar-refractivity contribution in [2.24, 2.45) is 7.05 Å². The second kappa shape index (κ2) is 5.78. The maximum Gasteiger partial charge on any atom is 0.275 e. The maximum atomic E-state index is 12.3. The van der Waals surface area contributed by atoms with Gasteiger partial charge in [-0.1, -0.05) is 0 Å². The molecule has 0 bridgehead atoms. The zero-order valence-electron chi connectivity index (χ0n) is 13.5. The van der Waals surface area contributed by atoms with E-state index in [1.54, 1.807) is 32.5 Å². The molecular formula is C17H14ClN5O2. The zero-order chi connectivity index (χ0) is 17.6. The number of aryl methyl sites for hydroxylation is 1. The summed E-state index contributed by atoms with van der Waals surface area (Å²) in [5.74, 6) is 0.867. The summed E-state index contributed by atoms with van der Waals surface area (Å²) in [5, 5.41) is 8.56. The molecule has 0 saturated carbocycles. The molecule has 126 valence electrons. The largest absolute Gasteiger partial charge is 0.497 e. The van der Waals surface area contributed by atoms with Crippen LogP contribution in [0.4, 0.5) is 5.82 Å². The second-order valence-corrected chi connectivity index (χ2v) is 5.86. The van der Waals surface area contributed by atoms with Crippen molar-refractivity contribution in [2.45, 2.75) is 0 Å². The molecule has 0 aliphatic rings. The normalized spacial score (nSPS) is 11.2. The van der Waals surface area contributed by atoms with Gasteiger partial charge in [0.1, 0.15) is 17.3 Å². The first kappa shape index (κ1) is 15.5. The van der Waals surface area contributed by atoms with Gasteiger partial charge in [-0.05, 0) is 36.4 Å². The molecule has 1 amide bonds. The highest BCUT2D eigenvalue weighted by Crippen LogP contribution is 2.32. The van der Waals surface area contributed by atoms with Gasteiger partial charge in [-0.15, -0.1) is 0 Å². The minimum absolute atomic E-state index is 0.286. The molecule has 1 aromatic carbocycles. The standard InChI is InChI=1S/C17H14ClN5O2/c1-22-14(7-8-19-22)17(24)21-15-6-4-11-12-9-10(25-2)3-5-13(12)23(18)16(11)20-15/h3-9H,1-2H3,(H,20,21,24). The first-order valence-electron chi connectivity index (χ1n) is 7.53. The summed E-state index contributed by atoms with van der Waals surface area (Å²) in [6, 6.07) is 10.9. The highest BCUT2D eigenvalue weighted by atomic mass is 35.5. The van der Waals surface area contributed by atoms with Gasteiger partial charge in [0.2, 0.25) is 0 Å². The summed E-state index contributed by atoms with van der Waals surface area (Å²) in [5.41, 5.74) is 1.82. The number of hydrogen-bond donors (Lipinski definition) is 1. The Morgan fingerprint density at radius 3 is 2.76 bits per heavy atom. The van der Waals surface area contributed by atoms with Crippen molar-refractivity contribution in [1.82, 2.24) is 18.9 Å². The summed E-state index contributed by atoms with van der Waals surface area (Å²) in [4.78, 5) is 16.8. The highest BCUT2D eigenvalue weighted by Gasteiger charge is 2.15. The fraction of sp³-hybridized carbons (Fsp3) is 0.118. The highest BCUT2D eigenvalue weighted by molar-refractivity contribution is 6.26. The number of rotatable bonds is 3. The number of amides is 1. The molecule has 4 aromatic rings. The van der Waals surface area contributed by atoms with Crippen LogP contribution in [0.15, 0.2) is 42.6 Å². The molecule has 0 saturated heterocycles. The van der Waals surface area contributed by atoms with Gasteiger partial charge < -0.3 is 10.1 Å². The molecular weight excluding hydrogens is 342 g/mol. The van der Waals surface area contributed by atoms with Crippen LogP contribution in [-0.2, 0) is 7.05 Å². The Labute approximate surface area is 147 Å². The average molecular weight is 356 g/mol. The van der Waals surface area contributed by atoms with Gasteiger partial charge in [0.15, 0.2) is 5.65 Å². The van der Waals surface area contributed by atoms with Crippen molar-refractivity contribution in [3.05, 3.63) is 48.3 Å². The van der Waals surface area contributed by atoms with Crippen LogP contribution in [-0.4, -0.2) is 31.9 Å². The van der Waals surface area contributed by atoms with E-state index in [0.29, 0.717) is 17.2 Å². The number of carbonyl (C=O) groups is 1. The molecule has 7 nitrogen and oxygen atoms in total. The predicted molar refractivity (Wildman–Crippen MR) is 96.2 cm³/mol. The summed E-state index contributed by atoms with van der Waals surface area (Å²) in [6.07, 6.45) is 1.57. The van der Waals surface area contributed by atoms with Crippen molar-refractivity contribution in [2.75, 3.05) is 12.4 Å². The van der Waals surface area contributed by atoms with E-state index in [0.717, 1.165) is 22.0 Å². The lowest BCUT2D eigenvalue weighted by Crippen LogP contribution is -2.16. The lowest BCUT2D eigenvalue weighted by Gasteiger charge is -2.05. The first-order chi connectivity index (χ1) is 12.1. The zero-order valence-corrected chi connectivity index (χ0v) is 14.3. The molecule has 3 aromatic heterocycles. The van der Waals surface area contributed by atoms with E-state index in [9.17, 15) is 4.79 Å². The number of fused-ring (bicyclic) bond motifs is 3. The average Bonchev–Trinajstić information content (AvgIpc) is 3.17. The van der Waals surface area contributed by atoms with E-state index in [-0.39, 0.29) is 5.91 Å². The fourth-order valence-electron chi connectivity index (χ4n) is 2.80. The number of halogens is 1. The van der Waals surface area contributed by atoms with Crippen LogP contribution in [0.3, 0.4) is 0 Å². The van der Waals surface area contributed by atoms with Gasteiger partial charge in [-0.2, -0.15) is 5.10 Å². The van der Waals surface area contributed by atoms with E-state index in [2.05, 4.69) is 15.4 Å². The molecule has 0 unspecified atom stereocenters. The van der Waals surface area contributed by atoms with Crippen LogP contribution < -0.4 is 10.1 Å². The number of carbonyl (C=O) groups excluding carboxylic acids is 1. The third-order valence-electron chi connectivity index (χ3n) is 4.06. The van der Waals surface area contributed by atoms with Crippen molar-refractivity contribution < 1.29 is 9.53 Å². The maximum absolute atomic E-state index is 12.3. The molecule has 0 spiro atoms. The Morgan fingerprint density at radius 1 is 1.20 bits per heavy atom. The third-order valence-corrected chi connectivity index (χ3v) is 4.40. The number of nitrogens with zero attached hydrogens (tertiary/aromatic N) is 4. The Kier molecular flexibility index (Phi) is 3.58. The van der Waals surface area contributed by atoms with E-state index in [4.69, 9.17) is 16.5 Å². The van der Waals surface area contributed by atoms with Gasteiger partial charge in [0.05, 0.1) is 12.6 Å². The Balaban J connectivity index is 1.77. The topological polar surface area (TPSA) is 74.0 Å². The number of benzene rings is 1. The molecule has 0 aliphatic carbocycles. The smallest absolute Gasteiger partial charge is 0.275 e. The van der Waals surface area contributed by atoms with Gasteiger partial charge in [-0.3, -0.25) is 9.48 Å². The van der Waals surface area contributed by atoms with E-state index < -0.39 is 0 Å². The number of anilines is 1. The van der Waals surface area contributed by atoms with Crippen LogP contribution in [0.5, 0.6) is 5.75 Å². The number of aromatic nitrogens is 4. The summed E-state index contributed by atoms with van der Waals surface area (Å²) < 4.78 is 8.25. The van der Waals surface area contributed by atoms with Crippen molar-refractivity contribution in [3.63, 3.8) is 0 Å². The first-order valence-corrected chi connectivity index (χ1v) is 7.87. The summed E-state index contributed by atoms with van der Waals surface area (Å²) in [7, 11) is 3.32. The molecule has 0 fully saturated rings. The van der Waals surface area contributed by atoms with Gasteiger partial charge >= 0.3 is 0 Å². The van der Waals surface area contributed by atoms with Crippen molar-refractivity contribution in [3.8, 4) is 5.75 Å². The summed E-state index contributed by atoms with van der Waals surface area (Å²) >= 11 is 6.41. The summed E-state index contributed by atoms with van der Waals surface area (Å²) in [6.45, 7) is 0. The van der Waals surface area contributed by atoms with Gasteiger partial charge in [-0.25, -0.2) is 9.07 Å². The van der Waals surface area contributed by atoms with E-state index in [1.807, 2.05) is 24.3 Å². The van der Waals surface area contributed by atoms with Crippen LogP contribution in [0, 0.1) is 0 Å².